The number of hydrogen-bond acceptors (Lipinski definition) is 2. The van der Waals surface area contributed by atoms with Crippen LogP contribution >= 0.6 is 0 Å². The summed E-state index contributed by atoms with van der Waals surface area (Å²) < 4.78 is 0. The third-order valence-electron chi connectivity index (χ3n) is 4.98. The average Bonchev–Trinajstić information content (AvgIpc) is 2.47. The zero-order valence-electron chi connectivity index (χ0n) is 12.4. The molecule has 1 saturated heterocycles. The number of nitrogens with one attached hydrogen (secondary N) is 2. The predicted molar refractivity (Wildman–Crippen MR) is 79.0 cm³/mol. The molecule has 0 bridgehead atoms. The lowest BCUT2D eigenvalue weighted by Gasteiger charge is -2.28. The lowest BCUT2D eigenvalue weighted by molar-refractivity contribution is -0.122. The SMILES string of the molecule is C[C@H](NC(=O)CCC1CCNCC1)C1CCCCC1. The second-order valence-electron chi connectivity index (χ2n) is 6.49. The van der Waals surface area contributed by atoms with Gasteiger partial charge >= 0.3 is 0 Å². The Morgan fingerprint density at radius 1 is 1.16 bits per heavy atom. The van der Waals surface area contributed by atoms with E-state index in [4.69, 9.17) is 0 Å². The van der Waals surface area contributed by atoms with E-state index in [1.54, 1.807) is 0 Å². The van der Waals surface area contributed by atoms with Gasteiger partial charge in [-0.25, -0.2) is 0 Å². The van der Waals surface area contributed by atoms with Crippen LogP contribution in [0.4, 0.5) is 0 Å². The lowest BCUT2D eigenvalue weighted by atomic mass is 9.84. The van der Waals surface area contributed by atoms with Crippen LogP contribution < -0.4 is 10.6 Å². The molecule has 19 heavy (non-hydrogen) atoms. The largest absolute Gasteiger partial charge is 0.353 e. The molecule has 3 heteroatoms. The minimum Gasteiger partial charge on any atom is -0.353 e. The van der Waals surface area contributed by atoms with Gasteiger partial charge in [-0.3, -0.25) is 4.79 Å². The molecule has 1 aliphatic carbocycles. The Kier molecular flexibility index (Phi) is 6.15. The van der Waals surface area contributed by atoms with Crippen molar-refractivity contribution in [1.82, 2.24) is 10.6 Å². The van der Waals surface area contributed by atoms with Gasteiger partial charge in [-0.1, -0.05) is 19.3 Å². The highest BCUT2D eigenvalue weighted by Crippen LogP contribution is 2.26. The molecule has 2 fully saturated rings. The molecule has 0 radical (unpaired) electrons. The van der Waals surface area contributed by atoms with Gasteiger partial charge in [-0.15, -0.1) is 0 Å². The predicted octanol–water partition coefficient (Wildman–Crippen LogP) is 2.85. The fourth-order valence-electron chi connectivity index (χ4n) is 3.58. The lowest BCUT2D eigenvalue weighted by Crippen LogP contribution is -2.39. The number of carbonyl (C=O) groups is 1. The molecule has 110 valence electrons. The first-order valence-corrected chi connectivity index (χ1v) is 8.26. The van der Waals surface area contributed by atoms with Gasteiger partial charge in [0.15, 0.2) is 0 Å². The Balaban J connectivity index is 1.62. The second kappa shape index (κ2) is 7.88. The highest BCUT2D eigenvalue weighted by atomic mass is 16.1. The van der Waals surface area contributed by atoms with Crippen LogP contribution in [-0.4, -0.2) is 25.0 Å². The highest BCUT2D eigenvalue weighted by molar-refractivity contribution is 5.76. The molecule has 3 nitrogen and oxygen atoms in total. The Labute approximate surface area is 117 Å². The summed E-state index contributed by atoms with van der Waals surface area (Å²) in [7, 11) is 0. The van der Waals surface area contributed by atoms with Crippen LogP contribution in [0.15, 0.2) is 0 Å². The summed E-state index contributed by atoms with van der Waals surface area (Å²) >= 11 is 0. The summed E-state index contributed by atoms with van der Waals surface area (Å²) in [5, 5.41) is 6.61. The van der Waals surface area contributed by atoms with Crippen molar-refractivity contribution in [3.8, 4) is 0 Å². The molecule has 0 aromatic rings. The summed E-state index contributed by atoms with van der Waals surface area (Å²) in [5.41, 5.74) is 0. The first kappa shape index (κ1) is 14.8. The summed E-state index contributed by atoms with van der Waals surface area (Å²) in [4.78, 5) is 12.0. The maximum absolute atomic E-state index is 12.0. The normalized spacial score (nSPS) is 24.1. The van der Waals surface area contributed by atoms with Crippen LogP contribution in [0.1, 0.15) is 64.7 Å². The van der Waals surface area contributed by atoms with Gasteiger partial charge in [0.25, 0.3) is 0 Å². The zero-order valence-corrected chi connectivity index (χ0v) is 12.4. The molecule has 2 rings (SSSR count). The summed E-state index contributed by atoms with van der Waals surface area (Å²) in [6.45, 7) is 4.45. The molecule has 0 aromatic heterocycles. The summed E-state index contributed by atoms with van der Waals surface area (Å²) in [6, 6.07) is 0.376. The van der Waals surface area contributed by atoms with Gasteiger partial charge in [-0.2, -0.15) is 0 Å². The van der Waals surface area contributed by atoms with Crippen molar-refractivity contribution in [1.29, 1.82) is 0 Å². The van der Waals surface area contributed by atoms with Crippen LogP contribution in [0.2, 0.25) is 0 Å². The Bertz CT molecular complexity index is 268. The Morgan fingerprint density at radius 3 is 2.53 bits per heavy atom. The third kappa shape index (κ3) is 5.13. The van der Waals surface area contributed by atoms with E-state index in [1.165, 1.54) is 44.9 Å². The van der Waals surface area contributed by atoms with E-state index < -0.39 is 0 Å². The zero-order chi connectivity index (χ0) is 13.5. The van der Waals surface area contributed by atoms with Gasteiger partial charge < -0.3 is 10.6 Å². The van der Waals surface area contributed by atoms with Crippen LogP contribution in [0, 0.1) is 11.8 Å². The van der Waals surface area contributed by atoms with E-state index >= 15 is 0 Å². The molecule has 2 aliphatic rings. The minimum absolute atomic E-state index is 0.275. The van der Waals surface area contributed by atoms with Gasteiger partial charge in [0.2, 0.25) is 5.91 Å². The second-order valence-corrected chi connectivity index (χ2v) is 6.49. The first-order valence-electron chi connectivity index (χ1n) is 8.26. The monoisotopic (exact) mass is 266 g/mol. The van der Waals surface area contributed by atoms with Crippen molar-refractivity contribution in [2.24, 2.45) is 11.8 Å². The Morgan fingerprint density at radius 2 is 1.84 bits per heavy atom. The molecular weight excluding hydrogens is 236 g/mol. The van der Waals surface area contributed by atoms with Gasteiger partial charge in [0.05, 0.1) is 0 Å². The highest BCUT2D eigenvalue weighted by Gasteiger charge is 2.22. The van der Waals surface area contributed by atoms with Crippen LogP contribution in [0.25, 0.3) is 0 Å². The molecule has 2 N–H and O–H groups in total. The van der Waals surface area contributed by atoms with Crippen molar-refractivity contribution >= 4 is 5.91 Å². The molecule has 0 aromatic carbocycles. The number of rotatable bonds is 5. The van der Waals surface area contributed by atoms with Crippen molar-refractivity contribution in [3.05, 3.63) is 0 Å². The van der Waals surface area contributed by atoms with E-state index in [-0.39, 0.29) is 5.91 Å². The fraction of sp³-hybridized carbons (Fsp3) is 0.938. The standard InChI is InChI=1S/C16H30N2O/c1-13(15-5-3-2-4-6-15)18-16(19)8-7-14-9-11-17-12-10-14/h13-15,17H,2-12H2,1H3,(H,18,19)/t13-/m0/s1. The van der Waals surface area contributed by atoms with Crippen LogP contribution in [0.5, 0.6) is 0 Å². The number of hydrogen-bond donors (Lipinski definition) is 2. The summed E-state index contributed by atoms with van der Waals surface area (Å²) in [5.74, 6) is 1.75. The molecule has 1 saturated carbocycles. The maximum Gasteiger partial charge on any atom is 0.220 e. The van der Waals surface area contributed by atoms with Crippen molar-refractivity contribution in [2.75, 3.05) is 13.1 Å². The van der Waals surface area contributed by atoms with E-state index in [2.05, 4.69) is 17.6 Å². The smallest absolute Gasteiger partial charge is 0.220 e. The minimum atomic E-state index is 0.275. The number of amides is 1. The average molecular weight is 266 g/mol. The molecule has 1 atom stereocenters. The van der Waals surface area contributed by atoms with E-state index in [1.807, 2.05) is 0 Å². The van der Waals surface area contributed by atoms with Crippen LogP contribution in [-0.2, 0) is 4.79 Å². The summed E-state index contributed by atoms with van der Waals surface area (Å²) in [6.07, 6.45) is 11.0. The van der Waals surface area contributed by atoms with Crippen molar-refractivity contribution in [3.63, 3.8) is 0 Å². The van der Waals surface area contributed by atoms with Crippen LogP contribution in [0.3, 0.4) is 0 Å². The topological polar surface area (TPSA) is 41.1 Å². The van der Waals surface area contributed by atoms with Gasteiger partial charge in [0, 0.05) is 12.5 Å². The molecule has 0 unspecified atom stereocenters. The molecule has 1 aliphatic heterocycles. The van der Waals surface area contributed by atoms with Gasteiger partial charge in [0.1, 0.15) is 0 Å². The Hall–Kier alpha value is -0.570. The molecule has 1 amide bonds. The third-order valence-corrected chi connectivity index (χ3v) is 4.98. The van der Waals surface area contributed by atoms with E-state index in [0.717, 1.165) is 37.8 Å². The number of piperidine rings is 1. The molecular formula is C16H30N2O. The first-order chi connectivity index (χ1) is 9.25. The molecule has 0 spiro atoms. The number of carbonyl (C=O) groups excluding carboxylic acids is 1. The van der Waals surface area contributed by atoms with Crippen molar-refractivity contribution in [2.45, 2.75) is 70.8 Å². The van der Waals surface area contributed by atoms with Crippen molar-refractivity contribution < 1.29 is 4.79 Å². The van der Waals surface area contributed by atoms with Gasteiger partial charge in [-0.05, 0) is 64.0 Å². The molecule has 1 heterocycles. The van der Waals surface area contributed by atoms with E-state index in [0.29, 0.717) is 6.04 Å². The maximum atomic E-state index is 12.0. The quantitative estimate of drug-likeness (QED) is 0.803. The fourth-order valence-corrected chi connectivity index (χ4v) is 3.58. The van der Waals surface area contributed by atoms with E-state index in [9.17, 15) is 4.79 Å².